The number of nitrogens with zero attached hydrogens (tertiary/aromatic N) is 2. The van der Waals surface area contributed by atoms with Crippen LogP contribution in [0.3, 0.4) is 0 Å². The summed E-state index contributed by atoms with van der Waals surface area (Å²) in [6, 6.07) is 16.0. The van der Waals surface area contributed by atoms with E-state index in [0.717, 1.165) is 11.8 Å². The highest BCUT2D eigenvalue weighted by Gasteiger charge is 2.21. The van der Waals surface area contributed by atoms with Gasteiger partial charge in [0.15, 0.2) is 0 Å². The van der Waals surface area contributed by atoms with Crippen molar-refractivity contribution in [1.82, 2.24) is 14.1 Å². The van der Waals surface area contributed by atoms with Crippen LogP contribution in [-0.2, 0) is 10.0 Å². The number of amidine groups is 1. The van der Waals surface area contributed by atoms with E-state index in [1.165, 1.54) is 3.97 Å². The Bertz CT molecular complexity index is 1200. The lowest BCUT2D eigenvalue weighted by Gasteiger charge is -2.18. The molecule has 0 aliphatic heterocycles. The van der Waals surface area contributed by atoms with E-state index in [9.17, 15) is 8.42 Å². The molecule has 0 fully saturated rings. The first kappa shape index (κ1) is 23.1. The predicted molar refractivity (Wildman–Crippen MR) is 129 cm³/mol. The van der Waals surface area contributed by atoms with Gasteiger partial charge in [0.1, 0.15) is 0 Å². The smallest absolute Gasteiger partial charge is 0.268 e. The largest absolute Gasteiger partial charge is 0.371 e. The average molecular weight is 459 g/mol. The summed E-state index contributed by atoms with van der Waals surface area (Å²) < 4.78 is 27.8. The van der Waals surface area contributed by atoms with Crippen LogP contribution in [0.25, 0.3) is 16.6 Å². The van der Waals surface area contributed by atoms with E-state index in [-0.39, 0.29) is 17.0 Å². The number of nitrogens with one attached hydrogen (secondary N) is 2. The highest BCUT2D eigenvalue weighted by Crippen LogP contribution is 2.30. The Labute approximate surface area is 188 Å². The zero-order valence-corrected chi connectivity index (χ0v) is 19.4. The molecule has 8 heteroatoms. The van der Waals surface area contributed by atoms with Gasteiger partial charge in [0.25, 0.3) is 10.0 Å². The van der Waals surface area contributed by atoms with Crippen LogP contribution >= 0.6 is 11.8 Å². The van der Waals surface area contributed by atoms with Gasteiger partial charge in [-0.25, -0.2) is 22.2 Å². The molecule has 6 nitrogen and oxygen atoms in total. The van der Waals surface area contributed by atoms with E-state index in [4.69, 9.17) is 11.8 Å². The number of para-hydroxylation sites is 1. The summed E-state index contributed by atoms with van der Waals surface area (Å²) in [5.74, 6) is 0.696. The molecule has 2 aromatic carbocycles. The number of aromatic nitrogens is 1. The Morgan fingerprint density at radius 1 is 1.10 bits per heavy atom. The Balaban J connectivity index is 1.96. The van der Waals surface area contributed by atoms with Crippen LogP contribution < -0.4 is 10.2 Å². The van der Waals surface area contributed by atoms with Crippen LogP contribution in [0, 0.1) is 0 Å². The van der Waals surface area contributed by atoms with Gasteiger partial charge in [-0.2, -0.15) is 0 Å². The van der Waals surface area contributed by atoms with Crippen molar-refractivity contribution in [2.24, 2.45) is 4.99 Å². The highest BCUT2D eigenvalue weighted by atomic mass is 35.5. The first-order valence-electron chi connectivity index (χ1n) is 10.0. The zero-order valence-electron chi connectivity index (χ0n) is 17.8. The second-order valence-corrected chi connectivity index (χ2v) is 9.64. The molecule has 0 bridgehead atoms. The molecular formula is C23H27ClN4O2S. The maximum Gasteiger partial charge on any atom is 0.268 e. The molecule has 0 saturated heterocycles. The molecule has 164 valence electrons. The van der Waals surface area contributed by atoms with E-state index < -0.39 is 10.0 Å². The van der Waals surface area contributed by atoms with Crippen molar-refractivity contribution in [1.29, 1.82) is 0 Å². The number of hydrogen-bond acceptors (Lipinski definition) is 4. The summed E-state index contributed by atoms with van der Waals surface area (Å²) in [7, 11) is -3.75. The molecule has 2 atom stereocenters. The molecule has 0 aliphatic carbocycles. The number of fused-ring (bicyclic) bond motifs is 1. The summed E-state index contributed by atoms with van der Waals surface area (Å²) in [6.07, 6.45) is 2.41. The van der Waals surface area contributed by atoms with E-state index in [1.54, 1.807) is 42.6 Å². The summed E-state index contributed by atoms with van der Waals surface area (Å²) in [5, 5.41) is 4.10. The van der Waals surface area contributed by atoms with Gasteiger partial charge in [-0.1, -0.05) is 43.0 Å². The Morgan fingerprint density at radius 2 is 1.74 bits per heavy atom. The van der Waals surface area contributed by atoms with Gasteiger partial charge in [-0.15, -0.1) is 0 Å². The summed E-state index contributed by atoms with van der Waals surface area (Å²) >= 11 is 5.66. The quantitative estimate of drug-likeness (QED) is 0.289. The van der Waals surface area contributed by atoms with Gasteiger partial charge in [0.05, 0.1) is 21.9 Å². The van der Waals surface area contributed by atoms with Gasteiger partial charge in [-0.3, -0.25) is 0 Å². The fourth-order valence-electron chi connectivity index (χ4n) is 3.57. The van der Waals surface area contributed by atoms with Crippen molar-refractivity contribution in [2.45, 2.75) is 44.2 Å². The molecule has 31 heavy (non-hydrogen) atoms. The fraction of sp³-hybridized carbons (Fsp3) is 0.261. The third kappa shape index (κ3) is 5.18. The molecule has 3 rings (SSSR count). The zero-order chi connectivity index (χ0) is 22.6. The maximum absolute atomic E-state index is 13.3. The monoisotopic (exact) mass is 458 g/mol. The van der Waals surface area contributed by atoms with Crippen LogP contribution in [0.4, 0.5) is 0 Å². The molecule has 1 aromatic heterocycles. The highest BCUT2D eigenvalue weighted by molar-refractivity contribution is 7.90. The standard InChI is InChI=1S/C23H27ClN4O2S/c1-16(14-17(2)27-24)25-19(4)26-18(3)22-15-28(23-13-9-8-12-21(22)23)31(29,30)20-10-6-5-7-11-20/h5-13,15-17,27H,3,14H2,1-2,4H3,(H,25,26)/t16-,17+/m1/s1. The molecule has 3 aromatic rings. The third-order valence-electron chi connectivity index (χ3n) is 4.94. The Kier molecular flexibility index (Phi) is 7.20. The summed E-state index contributed by atoms with van der Waals surface area (Å²) in [6.45, 7) is 10.0. The molecule has 2 N–H and O–H groups in total. The van der Waals surface area contributed by atoms with Gasteiger partial charge >= 0.3 is 0 Å². The van der Waals surface area contributed by atoms with Crippen LogP contribution in [0.2, 0.25) is 0 Å². The van der Waals surface area contributed by atoms with Gasteiger partial charge in [-0.05, 0) is 57.2 Å². The summed E-state index contributed by atoms with van der Waals surface area (Å²) in [4.78, 5) is 7.52. The molecule has 0 amide bonds. The van der Waals surface area contributed by atoms with E-state index in [2.05, 4.69) is 21.7 Å². The number of halogens is 1. The Morgan fingerprint density at radius 3 is 2.42 bits per heavy atom. The minimum absolute atomic E-state index is 0.151. The minimum atomic E-state index is -3.75. The minimum Gasteiger partial charge on any atom is -0.371 e. The SMILES string of the molecule is C=C(/N=C(\C)N[C@H](C)C[C@H](C)NCl)c1cn(S(=O)(=O)c2ccccc2)c2ccccc12. The van der Waals surface area contributed by atoms with Crippen molar-refractivity contribution >= 4 is 44.2 Å². The second kappa shape index (κ2) is 9.68. The average Bonchev–Trinajstić information content (AvgIpc) is 3.14. The van der Waals surface area contributed by atoms with Gasteiger partial charge in [0.2, 0.25) is 0 Å². The van der Waals surface area contributed by atoms with Crippen molar-refractivity contribution in [3.63, 3.8) is 0 Å². The third-order valence-corrected chi connectivity index (χ3v) is 7.00. The maximum atomic E-state index is 13.3. The van der Waals surface area contributed by atoms with Gasteiger partial charge < -0.3 is 5.32 Å². The molecule has 0 radical (unpaired) electrons. The van der Waals surface area contributed by atoms with E-state index in [0.29, 0.717) is 22.6 Å². The van der Waals surface area contributed by atoms with E-state index in [1.807, 2.05) is 39.0 Å². The first-order valence-corrected chi connectivity index (χ1v) is 11.8. The molecule has 0 saturated carbocycles. The molecule has 0 unspecified atom stereocenters. The first-order chi connectivity index (χ1) is 14.7. The van der Waals surface area contributed by atoms with Crippen LogP contribution in [0.1, 0.15) is 32.8 Å². The van der Waals surface area contributed by atoms with Crippen LogP contribution in [-0.4, -0.2) is 30.3 Å². The molecule has 0 spiro atoms. The van der Waals surface area contributed by atoms with Crippen molar-refractivity contribution < 1.29 is 8.42 Å². The van der Waals surface area contributed by atoms with Crippen molar-refractivity contribution in [3.8, 4) is 0 Å². The summed E-state index contributed by atoms with van der Waals surface area (Å²) in [5.41, 5.74) is 1.73. The molecule has 1 heterocycles. The number of aliphatic imine (C=N–C) groups is 1. The number of rotatable bonds is 8. The fourth-order valence-corrected chi connectivity index (χ4v) is 5.05. The topological polar surface area (TPSA) is 75.5 Å². The number of benzene rings is 2. The molecule has 0 aliphatic rings. The van der Waals surface area contributed by atoms with Crippen LogP contribution in [0.5, 0.6) is 0 Å². The van der Waals surface area contributed by atoms with E-state index >= 15 is 0 Å². The Hall–Kier alpha value is -2.61. The second-order valence-electron chi connectivity index (χ2n) is 7.61. The predicted octanol–water partition coefficient (Wildman–Crippen LogP) is 4.77. The van der Waals surface area contributed by atoms with Crippen LogP contribution in [0.15, 0.2) is 77.3 Å². The number of hydrogen-bond donors (Lipinski definition) is 2. The lowest BCUT2D eigenvalue weighted by Crippen LogP contribution is -2.35. The normalized spacial score (nSPS) is 14.4. The van der Waals surface area contributed by atoms with Gasteiger partial charge in [0, 0.05) is 29.2 Å². The lowest BCUT2D eigenvalue weighted by atomic mass is 10.1. The van der Waals surface area contributed by atoms with Crippen molar-refractivity contribution in [3.05, 3.63) is 72.9 Å². The lowest BCUT2D eigenvalue weighted by molar-refractivity contribution is 0.519. The molecular weight excluding hydrogens is 432 g/mol. The van der Waals surface area contributed by atoms with Crippen molar-refractivity contribution in [2.75, 3.05) is 0 Å².